The molecule has 0 spiro atoms. The molecule has 5 nitrogen and oxygen atoms in total. The monoisotopic (exact) mass is 296 g/mol. The van der Waals surface area contributed by atoms with Crippen molar-refractivity contribution in [2.45, 2.75) is 45.1 Å². The fourth-order valence-electron chi connectivity index (χ4n) is 3.56. The maximum Gasteiger partial charge on any atom is 0.239 e. The van der Waals surface area contributed by atoms with E-state index in [4.69, 9.17) is 0 Å². The first-order valence-corrected chi connectivity index (χ1v) is 7.89. The first-order chi connectivity index (χ1) is 10.6. The smallest absolute Gasteiger partial charge is 0.239 e. The number of fused-ring (bicyclic) bond motifs is 1. The molecule has 0 saturated heterocycles. The summed E-state index contributed by atoms with van der Waals surface area (Å²) in [6.07, 6.45) is 4.33. The van der Waals surface area contributed by atoms with E-state index in [9.17, 15) is 4.79 Å². The van der Waals surface area contributed by atoms with Gasteiger partial charge in [-0.1, -0.05) is 29.3 Å². The summed E-state index contributed by atoms with van der Waals surface area (Å²) in [5.74, 6) is 0.887. The molecule has 1 amide bonds. The number of carbonyl (C=O) groups is 1. The molecule has 0 unspecified atom stereocenters. The molecule has 5 heteroatoms. The Morgan fingerprint density at radius 2 is 1.86 bits per heavy atom. The van der Waals surface area contributed by atoms with Crippen molar-refractivity contribution >= 4 is 11.9 Å². The minimum Gasteiger partial charge on any atom is -0.280 e. The van der Waals surface area contributed by atoms with Gasteiger partial charge < -0.3 is 0 Å². The van der Waals surface area contributed by atoms with Crippen LogP contribution in [0.5, 0.6) is 0 Å². The molecule has 22 heavy (non-hydrogen) atoms. The van der Waals surface area contributed by atoms with Gasteiger partial charge in [-0.25, -0.2) is 4.68 Å². The van der Waals surface area contributed by atoms with E-state index in [-0.39, 0.29) is 11.3 Å². The van der Waals surface area contributed by atoms with Gasteiger partial charge in [-0.2, -0.15) is 10.1 Å². The Bertz CT molecular complexity index is 725. The van der Waals surface area contributed by atoms with Crippen molar-refractivity contribution < 1.29 is 4.79 Å². The molecule has 1 aliphatic carbocycles. The van der Waals surface area contributed by atoms with Gasteiger partial charge in [0.05, 0.1) is 5.41 Å². The number of nitrogens with zero attached hydrogens (tertiary/aromatic N) is 4. The molecule has 0 bridgehead atoms. The maximum atomic E-state index is 13.2. The first-order valence-electron chi connectivity index (χ1n) is 7.89. The van der Waals surface area contributed by atoms with Gasteiger partial charge in [0, 0.05) is 13.1 Å². The number of benzene rings is 1. The minimum atomic E-state index is -0.342. The van der Waals surface area contributed by atoms with Crippen molar-refractivity contribution in [2.24, 2.45) is 0 Å². The van der Waals surface area contributed by atoms with E-state index in [0.29, 0.717) is 5.95 Å². The minimum absolute atomic E-state index is 0.187. The van der Waals surface area contributed by atoms with E-state index in [0.717, 1.165) is 37.9 Å². The zero-order chi connectivity index (χ0) is 15.3. The van der Waals surface area contributed by atoms with E-state index in [2.05, 4.69) is 42.1 Å². The number of hydrogen-bond acceptors (Lipinski definition) is 3. The summed E-state index contributed by atoms with van der Waals surface area (Å²) in [6.45, 7) is 5.77. The van der Waals surface area contributed by atoms with E-state index >= 15 is 0 Å². The molecular formula is C17H20N4O. The van der Waals surface area contributed by atoms with Crippen LogP contribution in [0, 0.1) is 13.8 Å². The highest BCUT2D eigenvalue weighted by molar-refractivity contribution is 6.02. The predicted molar refractivity (Wildman–Crippen MR) is 83.8 cm³/mol. The third-order valence-electron chi connectivity index (χ3n) is 4.77. The van der Waals surface area contributed by atoms with E-state index in [1.807, 2.05) is 9.58 Å². The first kappa shape index (κ1) is 13.5. The summed E-state index contributed by atoms with van der Waals surface area (Å²) in [5.41, 5.74) is 3.25. The van der Waals surface area contributed by atoms with Crippen molar-refractivity contribution in [3.05, 3.63) is 41.2 Å². The number of hydrogen-bond donors (Lipinski definition) is 0. The van der Waals surface area contributed by atoms with Crippen LogP contribution in [0.2, 0.25) is 0 Å². The van der Waals surface area contributed by atoms with Crippen molar-refractivity contribution in [3.8, 4) is 0 Å². The summed E-state index contributed by atoms with van der Waals surface area (Å²) in [5, 5.41) is 4.20. The van der Waals surface area contributed by atoms with Crippen molar-refractivity contribution in [1.29, 1.82) is 0 Å². The lowest BCUT2D eigenvalue weighted by Gasteiger charge is -2.30. The third kappa shape index (κ3) is 1.95. The zero-order valence-corrected chi connectivity index (χ0v) is 13.0. The highest BCUT2D eigenvalue weighted by atomic mass is 16.2. The second kappa shape index (κ2) is 4.66. The summed E-state index contributed by atoms with van der Waals surface area (Å²) < 4.78 is 1.83. The van der Waals surface area contributed by atoms with Gasteiger partial charge in [0.2, 0.25) is 11.9 Å². The number of rotatable bonds is 2. The summed E-state index contributed by atoms with van der Waals surface area (Å²) in [7, 11) is 0. The van der Waals surface area contributed by atoms with Crippen LogP contribution < -0.4 is 4.90 Å². The molecule has 0 radical (unpaired) electrons. The molecule has 1 aromatic heterocycles. The molecule has 114 valence electrons. The quantitative estimate of drug-likeness (QED) is 0.855. The molecule has 1 aromatic carbocycles. The average molecular weight is 296 g/mol. The van der Waals surface area contributed by atoms with Crippen LogP contribution in [-0.2, 0) is 16.8 Å². The van der Waals surface area contributed by atoms with Crippen LogP contribution in [0.3, 0.4) is 0 Å². The molecule has 1 aliphatic heterocycles. The second-order valence-electron chi connectivity index (χ2n) is 6.55. The number of amides is 1. The predicted octanol–water partition coefficient (Wildman–Crippen LogP) is 2.36. The largest absolute Gasteiger partial charge is 0.280 e. The van der Waals surface area contributed by atoms with Crippen LogP contribution in [0.4, 0.5) is 5.95 Å². The Balaban J connectivity index is 1.71. The molecule has 1 fully saturated rings. The van der Waals surface area contributed by atoms with Gasteiger partial charge in [0.15, 0.2) is 0 Å². The highest BCUT2D eigenvalue weighted by Crippen LogP contribution is 2.50. The van der Waals surface area contributed by atoms with E-state index < -0.39 is 0 Å². The van der Waals surface area contributed by atoms with Gasteiger partial charge in [-0.05, 0) is 38.7 Å². The van der Waals surface area contributed by atoms with Gasteiger partial charge >= 0.3 is 0 Å². The van der Waals surface area contributed by atoms with Crippen LogP contribution in [0.25, 0.3) is 0 Å². The van der Waals surface area contributed by atoms with Crippen LogP contribution in [0.15, 0.2) is 24.5 Å². The van der Waals surface area contributed by atoms with Gasteiger partial charge in [-0.15, -0.1) is 0 Å². The Hall–Kier alpha value is -2.17. The Morgan fingerprint density at radius 1 is 1.14 bits per heavy atom. The van der Waals surface area contributed by atoms with E-state index in [1.165, 1.54) is 17.5 Å². The normalized spacial score (nSPS) is 18.9. The molecule has 0 N–H and O–H groups in total. The highest BCUT2D eigenvalue weighted by Gasteiger charge is 2.54. The fraction of sp³-hybridized carbons (Fsp3) is 0.471. The average Bonchev–Trinajstić information content (AvgIpc) is 3.16. The van der Waals surface area contributed by atoms with Crippen LogP contribution >= 0.6 is 0 Å². The van der Waals surface area contributed by atoms with Gasteiger partial charge in [0.1, 0.15) is 6.33 Å². The number of aromatic nitrogens is 3. The second-order valence-corrected chi connectivity index (χ2v) is 6.55. The zero-order valence-electron chi connectivity index (χ0n) is 13.0. The number of carbonyl (C=O) groups excluding carboxylic acids is 1. The molecule has 1 saturated carbocycles. The molecule has 2 heterocycles. The van der Waals surface area contributed by atoms with Crippen LogP contribution in [0.1, 0.15) is 36.0 Å². The molecule has 0 atom stereocenters. The number of aryl methyl sites for hydroxylation is 3. The number of anilines is 1. The van der Waals surface area contributed by atoms with Crippen molar-refractivity contribution in [1.82, 2.24) is 14.8 Å². The fourth-order valence-corrected chi connectivity index (χ4v) is 3.56. The lowest BCUT2D eigenvalue weighted by molar-refractivity contribution is -0.121. The van der Waals surface area contributed by atoms with Crippen molar-refractivity contribution in [2.75, 3.05) is 11.4 Å². The standard InChI is InChI=1S/C17H20N4O/c1-12-8-13(2)10-14(9-12)17(4-5-17)15(22)20-6-3-7-21-16(20)18-11-19-21/h8-11H,3-7H2,1-2H3. The lowest BCUT2D eigenvalue weighted by Crippen LogP contribution is -2.44. The Morgan fingerprint density at radius 3 is 2.55 bits per heavy atom. The van der Waals surface area contributed by atoms with Gasteiger partial charge in [-0.3, -0.25) is 9.69 Å². The topological polar surface area (TPSA) is 51.0 Å². The van der Waals surface area contributed by atoms with Crippen molar-refractivity contribution in [3.63, 3.8) is 0 Å². The maximum absolute atomic E-state index is 13.2. The summed E-state index contributed by atoms with van der Waals surface area (Å²) in [6, 6.07) is 6.47. The SMILES string of the molecule is Cc1cc(C)cc(C2(C(=O)N3CCCn4ncnc43)CC2)c1. The molecule has 2 aliphatic rings. The van der Waals surface area contributed by atoms with Crippen LogP contribution in [-0.4, -0.2) is 27.2 Å². The summed E-state index contributed by atoms with van der Waals surface area (Å²) >= 11 is 0. The third-order valence-corrected chi connectivity index (χ3v) is 4.77. The van der Waals surface area contributed by atoms with Gasteiger partial charge in [0.25, 0.3) is 0 Å². The lowest BCUT2D eigenvalue weighted by atomic mass is 9.91. The molecular weight excluding hydrogens is 276 g/mol. The molecule has 2 aromatic rings. The van der Waals surface area contributed by atoms with E-state index in [1.54, 1.807) is 0 Å². The molecule has 4 rings (SSSR count). The Labute approximate surface area is 130 Å². The summed E-state index contributed by atoms with van der Waals surface area (Å²) in [4.78, 5) is 19.3. The Kier molecular flexibility index (Phi) is 2.86.